The Kier molecular flexibility index (Phi) is 5.89. The molecule has 0 amide bonds. The molecule has 7 nitrogen and oxygen atoms in total. The first-order valence-corrected chi connectivity index (χ1v) is 10.3. The molecule has 2 aromatic rings. The minimum absolute atomic E-state index is 0.472. The number of ether oxygens (including phenoxy) is 1. The highest BCUT2D eigenvalue weighted by molar-refractivity contribution is 6.35. The van der Waals surface area contributed by atoms with Crippen molar-refractivity contribution in [3.8, 4) is 5.75 Å². The van der Waals surface area contributed by atoms with Gasteiger partial charge in [-0.2, -0.15) is 0 Å². The number of pyridine rings is 2. The van der Waals surface area contributed by atoms with E-state index >= 15 is 0 Å². The zero-order chi connectivity index (χ0) is 20.4. The molecule has 29 heavy (non-hydrogen) atoms. The van der Waals surface area contributed by atoms with Gasteiger partial charge in [0.2, 0.25) is 0 Å². The molecule has 0 bridgehead atoms. The van der Waals surface area contributed by atoms with Crippen molar-refractivity contribution in [3.63, 3.8) is 0 Å². The third-order valence-electron chi connectivity index (χ3n) is 5.11. The monoisotopic (exact) mass is 415 g/mol. The fourth-order valence-electron chi connectivity index (χ4n) is 3.76. The number of anilines is 3. The van der Waals surface area contributed by atoms with Crippen molar-refractivity contribution < 1.29 is 9.84 Å². The lowest BCUT2D eigenvalue weighted by atomic mass is 9.97. The molecule has 2 aliphatic rings. The Hall–Kier alpha value is -2.35. The van der Waals surface area contributed by atoms with Gasteiger partial charge in [0, 0.05) is 49.6 Å². The summed E-state index contributed by atoms with van der Waals surface area (Å²) in [6, 6.07) is 3.89. The normalized spacial score (nSPS) is 18.9. The second kappa shape index (κ2) is 8.57. The molecule has 0 aliphatic carbocycles. The third kappa shape index (κ3) is 4.32. The van der Waals surface area contributed by atoms with Gasteiger partial charge in [-0.3, -0.25) is 0 Å². The molecule has 0 fully saturated rings. The van der Waals surface area contributed by atoms with Crippen LogP contribution in [0.3, 0.4) is 0 Å². The van der Waals surface area contributed by atoms with Gasteiger partial charge in [-0.25, -0.2) is 9.97 Å². The Morgan fingerprint density at radius 3 is 3.00 bits per heavy atom. The van der Waals surface area contributed by atoms with Crippen LogP contribution in [0.2, 0.25) is 5.02 Å². The zero-order valence-electron chi connectivity index (χ0n) is 16.7. The molecular weight excluding hydrogens is 390 g/mol. The summed E-state index contributed by atoms with van der Waals surface area (Å²) in [5.41, 5.74) is 4.52. The van der Waals surface area contributed by atoms with Crippen molar-refractivity contribution in [3.05, 3.63) is 40.2 Å². The predicted octanol–water partition coefficient (Wildman–Crippen LogP) is 3.29. The number of nitrogens with zero attached hydrogens (tertiary/aromatic N) is 2. The van der Waals surface area contributed by atoms with E-state index in [1.165, 1.54) is 0 Å². The first kappa shape index (κ1) is 19.9. The minimum Gasteiger partial charge on any atom is -0.491 e. The minimum atomic E-state index is -0.472. The highest BCUT2D eigenvalue weighted by Crippen LogP contribution is 2.43. The van der Waals surface area contributed by atoms with Crippen molar-refractivity contribution in [2.75, 3.05) is 37.4 Å². The molecule has 0 saturated carbocycles. The summed E-state index contributed by atoms with van der Waals surface area (Å²) in [5.74, 6) is 1.96. The first-order valence-electron chi connectivity index (χ1n) is 9.92. The van der Waals surface area contributed by atoms with Crippen LogP contribution in [0.1, 0.15) is 29.8 Å². The van der Waals surface area contributed by atoms with E-state index in [1.807, 2.05) is 26.1 Å². The van der Waals surface area contributed by atoms with Crippen LogP contribution in [0.15, 0.2) is 18.2 Å². The molecule has 4 heterocycles. The van der Waals surface area contributed by atoms with Crippen LogP contribution in [-0.4, -0.2) is 47.9 Å². The highest BCUT2D eigenvalue weighted by Gasteiger charge is 2.26. The summed E-state index contributed by atoms with van der Waals surface area (Å²) >= 11 is 6.85. The number of aliphatic hydroxyl groups excluding tert-OH is 1. The Balaban J connectivity index is 1.79. The summed E-state index contributed by atoms with van der Waals surface area (Å²) in [7, 11) is 1.87. The molecule has 2 aliphatic heterocycles. The molecule has 0 saturated heterocycles. The number of hydrogen-bond donors (Lipinski definition) is 4. The lowest BCUT2D eigenvalue weighted by Crippen LogP contribution is -2.24. The SMILES string of the molecule is CNc1cc(C)nc(Nc2nc3c(c(C4=CCNC[C@@H](O)C4)c2Cl)OCCC3)c1. The van der Waals surface area contributed by atoms with Crippen LogP contribution in [0.5, 0.6) is 5.75 Å². The van der Waals surface area contributed by atoms with Crippen molar-refractivity contribution in [2.45, 2.75) is 32.3 Å². The van der Waals surface area contributed by atoms with E-state index in [2.05, 4.69) is 27.0 Å². The summed E-state index contributed by atoms with van der Waals surface area (Å²) < 4.78 is 5.98. The lowest BCUT2D eigenvalue weighted by Gasteiger charge is -2.24. The molecule has 154 valence electrons. The number of aryl methyl sites for hydroxylation is 2. The zero-order valence-corrected chi connectivity index (χ0v) is 17.4. The van der Waals surface area contributed by atoms with Gasteiger partial charge in [0.15, 0.2) is 5.82 Å². The van der Waals surface area contributed by atoms with Crippen molar-refractivity contribution in [1.82, 2.24) is 15.3 Å². The Bertz CT molecular complexity index is 947. The number of rotatable bonds is 4. The highest BCUT2D eigenvalue weighted by atomic mass is 35.5. The second-order valence-corrected chi connectivity index (χ2v) is 7.76. The van der Waals surface area contributed by atoms with Crippen LogP contribution in [0, 0.1) is 6.92 Å². The van der Waals surface area contributed by atoms with Crippen molar-refractivity contribution in [2.24, 2.45) is 0 Å². The van der Waals surface area contributed by atoms with Crippen molar-refractivity contribution in [1.29, 1.82) is 0 Å². The molecule has 0 aromatic carbocycles. The van der Waals surface area contributed by atoms with E-state index in [0.29, 0.717) is 42.8 Å². The Labute approximate surface area is 175 Å². The maximum absolute atomic E-state index is 10.3. The number of β-amino-alcohol motifs (C(OH)–C–C–N with tert-alkyl or cyclic N) is 1. The molecule has 2 aromatic heterocycles. The quantitative estimate of drug-likeness (QED) is 0.609. The van der Waals surface area contributed by atoms with E-state index < -0.39 is 6.10 Å². The Morgan fingerprint density at radius 1 is 1.31 bits per heavy atom. The molecule has 8 heteroatoms. The van der Waals surface area contributed by atoms with E-state index in [9.17, 15) is 5.11 Å². The van der Waals surface area contributed by atoms with E-state index in [0.717, 1.165) is 46.8 Å². The maximum Gasteiger partial charge on any atom is 0.151 e. The second-order valence-electron chi connectivity index (χ2n) is 7.38. The van der Waals surface area contributed by atoms with Crippen LogP contribution >= 0.6 is 11.6 Å². The smallest absolute Gasteiger partial charge is 0.151 e. The summed E-state index contributed by atoms with van der Waals surface area (Å²) in [6.07, 6.45) is 3.85. The number of nitrogens with one attached hydrogen (secondary N) is 3. The van der Waals surface area contributed by atoms with E-state index in [1.54, 1.807) is 0 Å². The van der Waals surface area contributed by atoms with Gasteiger partial charge in [0.05, 0.1) is 23.4 Å². The molecular formula is C21H26ClN5O2. The number of fused-ring (bicyclic) bond motifs is 1. The third-order valence-corrected chi connectivity index (χ3v) is 5.47. The van der Waals surface area contributed by atoms with Gasteiger partial charge < -0.3 is 25.8 Å². The van der Waals surface area contributed by atoms with Gasteiger partial charge in [-0.05, 0) is 31.4 Å². The number of hydrogen-bond acceptors (Lipinski definition) is 7. The molecule has 0 radical (unpaired) electrons. The maximum atomic E-state index is 10.3. The number of aromatic nitrogens is 2. The van der Waals surface area contributed by atoms with Gasteiger partial charge >= 0.3 is 0 Å². The standard InChI is InChI=1S/C21H26ClN5O2/c1-12-8-14(23-2)10-17(25-12)27-21-19(22)18(13-5-6-24-11-15(28)9-13)20-16(26-21)4-3-7-29-20/h5,8,10,15,24,28H,3-4,6-7,9,11H2,1-2H3,(H2,23,25,26,27)/t15-/m0/s1. The number of halogens is 1. The summed E-state index contributed by atoms with van der Waals surface area (Å²) in [5, 5.41) is 20.4. The van der Waals surface area contributed by atoms with Crippen LogP contribution < -0.4 is 20.7 Å². The van der Waals surface area contributed by atoms with Gasteiger partial charge in [0.25, 0.3) is 0 Å². The summed E-state index contributed by atoms with van der Waals surface area (Å²) in [4.78, 5) is 9.31. The van der Waals surface area contributed by atoms with Gasteiger partial charge in [-0.15, -0.1) is 0 Å². The van der Waals surface area contributed by atoms with Crippen LogP contribution in [0.4, 0.5) is 17.3 Å². The lowest BCUT2D eigenvalue weighted by molar-refractivity contribution is 0.180. The fraction of sp³-hybridized carbons (Fsp3) is 0.429. The molecule has 1 atom stereocenters. The molecule has 0 unspecified atom stereocenters. The molecule has 4 rings (SSSR count). The summed E-state index contributed by atoms with van der Waals surface area (Å²) in [6.45, 7) is 3.81. The molecule has 4 N–H and O–H groups in total. The van der Waals surface area contributed by atoms with Gasteiger partial charge in [-0.1, -0.05) is 17.7 Å². The average molecular weight is 416 g/mol. The molecule has 0 spiro atoms. The van der Waals surface area contributed by atoms with E-state index in [-0.39, 0.29) is 0 Å². The van der Waals surface area contributed by atoms with Gasteiger partial charge in [0.1, 0.15) is 11.6 Å². The predicted molar refractivity (Wildman–Crippen MR) is 116 cm³/mol. The van der Waals surface area contributed by atoms with Crippen LogP contribution in [0.25, 0.3) is 5.57 Å². The van der Waals surface area contributed by atoms with Crippen molar-refractivity contribution >= 4 is 34.5 Å². The van der Waals surface area contributed by atoms with Crippen LogP contribution in [-0.2, 0) is 6.42 Å². The van der Waals surface area contributed by atoms with E-state index in [4.69, 9.17) is 21.3 Å². The first-order chi connectivity index (χ1) is 14.0. The number of aliphatic hydroxyl groups is 1. The topological polar surface area (TPSA) is 91.3 Å². The largest absolute Gasteiger partial charge is 0.491 e. The average Bonchev–Trinajstić information content (AvgIpc) is 2.92. The fourth-order valence-corrected chi connectivity index (χ4v) is 4.06. The Morgan fingerprint density at radius 2 is 2.17 bits per heavy atom.